The second-order valence-corrected chi connectivity index (χ2v) is 4.45. The van der Waals surface area contributed by atoms with Gasteiger partial charge in [-0.05, 0) is 12.8 Å². The molecule has 2 fully saturated rings. The number of carbonyl (C=O) groups is 1. The molecular formula is C10H19N3O2. The van der Waals surface area contributed by atoms with Crippen molar-refractivity contribution in [3.05, 3.63) is 0 Å². The van der Waals surface area contributed by atoms with Gasteiger partial charge in [0, 0.05) is 26.1 Å². The third-order valence-electron chi connectivity index (χ3n) is 3.12. The second kappa shape index (κ2) is 4.47. The minimum absolute atomic E-state index is 0.0955. The molecule has 0 aliphatic carbocycles. The van der Waals surface area contributed by atoms with Crippen LogP contribution in [0.3, 0.4) is 0 Å². The van der Waals surface area contributed by atoms with E-state index in [0.717, 1.165) is 25.9 Å². The molecule has 0 aromatic rings. The van der Waals surface area contributed by atoms with Crippen LogP contribution in [0.5, 0.6) is 0 Å². The van der Waals surface area contributed by atoms with E-state index in [4.69, 9.17) is 10.5 Å². The van der Waals surface area contributed by atoms with Crippen LogP contribution in [0.25, 0.3) is 0 Å². The lowest BCUT2D eigenvalue weighted by atomic mass is 10.00. The molecule has 2 heterocycles. The van der Waals surface area contributed by atoms with E-state index in [1.807, 2.05) is 5.01 Å². The monoisotopic (exact) mass is 213 g/mol. The van der Waals surface area contributed by atoms with Crippen LogP contribution in [0.15, 0.2) is 0 Å². The van der Waals surface area contributed by atoms with Crippen LogP contribution in [0, 0.1) is 0 Å². The summed E-state index contributed by atoms with van der Waals surface area (Å²) < 4.78 is 5.17. The highest BCUT2D eigenvalue weighted by Crippen LogP contribution is 2.16. The number of hydrogen-bond acceptors (Lipinski definition) is 4. The van der Waals surface area contributed by atoms with E-state index in [2.05, 4.69) is 5.43 Å². The van der Waals surface area contributed by atoms with Crippen LogP contribution < -0.4 is 11.2 Å². The van der Waals surface area contributed by atoms with Crippen molar-refractivity contribution in [1.29, 1.82) is 0 Å². The first-order valence-corrected chi connectivity index (χ1v) is 5.63. The Kier molecular flexibility index (Phi) is 3.23. The van der Waals surface area contributed by atoms with Gasteiger partial charge in [-0.3, -0.25) is 10.2 Å². The van der Waals surface area contributed by atoms with Gasteiger partial charge in [0.25, 0.3) is 5.91 Å². The van der Waals surface area contributed by atoms with Gasteiger partial charge in [-0.1, -0.05) is 6.42 Å². The molecular weight excluding hydrogens is 194 g/mol. The number of nitrogens with zero attached hydrogens (tertiary/aromatic N) is 1. The molecule has 2 aliphatic rings. The fraction of sp³-hybridized carbons (Fsp3) is 0.900. The smallest absolute Gasteiger partial charge is 0.256 e. The molecule has 0 aromatic carbocycles. The van der Waals surface area contributed by atoms with E-state index in [-0.39, 0.29) is 5.91 Å². The van der Waals surface area contributed by atoms with Crippen molar-refractivity contribution < 1.29 is 9.53 Å². The SMILES string of the molecule is NC1(C(=O)NN2CCCCC2)CCOC1. The van der Waals surface area contributed by atoms with Crippen LogP contribution in [-0.2, 0) is 9.53 Å². The third kappa shape index (κ3) is 2.48. The quantitative estimate of drug-likeness (QED) is 0.656. The van der Waals surface area contributed by atoms with Crippen molar-refractivity contribution in [2.24, 2.45) is 5.73 Å². The molecule has 1 amide bonds. The zero-order valence-electron chi connectivity index (χ0n) is 9.00. The Balaban J connectivity index is 1.85. The molecule has 2 aliphatic heterocycles. The molecule has 5 heteroatoms. The third-order valence-corrected chi connectivity index (χ3v) is 3.12. The maximum absolute atomic E-state index is 11.9. The zero-order valence-corrected chi connectivity index (χ0v) is 9.00. The standard InChI is InChI=1S/C10H19N3O2/c11-10(4-7-15-8-10)9(14)12-13-5-2-1-3-6-13/h1-8,11H2,(H,12,14). The average molecular weight is 213 g/mol. The number of carbonyl (C=O) groups excluding carboxylic acids is 1. The van der Waals surface area contributed by atoms with Gasteiger partial charge in [0.05, 0.1) is 6.61 Å². The molecule has 2 rings (SSSR count). The summed E-state index contributed by atoms with van der Waals surface area (Å²) >= 11 is 0. The van der Waals surface area contributed by atoms with Gasteiger partial charge in [-0.2, -0.15) is 0 Å². The highest BCUT2D eigenvalue weighted by Gasteiger charge is 2.39. The minimum atomic E-state index is -0.808. The molecule has 1 atom stereocenters. The topological polar surface area (TPSA) is 67.6 Å². The number of rotatable bonds is 2. The Bertz CT molecular complexity index is 233. The highest BCUT2D eigenvalue weighted by molar-refractivity contribution is 5.86. The summed E-state index contributed by atoms with van der Waals surface area (Å²) in [6, 6.07) is 0. The summed E-state index contributed by atoms with van der Waals surface area (Å²) in [4.78, 5) is 11.9. The first kappa shape index (κ1) is 10.9. The normalized spacial score (nSPS) is 32.9. The lowest BCUT2D eigenvalue weighted by molar-refractivity contribution is -0.131. The summed E-state index contributed by atoms with van der Waals surface area (Å²) in [7, 11) is 0. The number of nitrogens with one attached hydrogen (secondary N) is 1. The molecule has 15 heavy (non-hydrogen) atoms. The Morgan fingerprint density at radius 1 is 1.33 bits per heavy atom. The number of hydrogen-bond donors (Lipinski definition) is 2. The maximum atomic E-state index is 11.9. The first-order valence-electron chi connectivity index (χ1n) is 5.63. The maximum Gasteiger partial charge on any atom is 0.256 e. The molecule has 0 aromatic heterocycles. The van der Waals surface area contributed by atoms with E-state index in [1.54, 1.807) is 0 Å². The van der Waals surface area contributed by atoms with Crippen molar-refractivity contribution >= 4 is 5.91 Å². The van der Waals surface area contributed by atoms with Crippen LogP contribution >= 0.6 is 0 Å². The largest absolute Gasteiger partial charge is 0.379 e. The average Bonchev–Trinajstić information content (AvgIpc) is 2.68. The van der Waals surface area contributed by atoms with E-state index in [0.29, 0.717) is 19.6 Å². The van der Waals surface area contributed by atoms with Gasteiger partial charge in [-0.25, -0.2) is 5.01 Å². The van der Waals surface area contributed by atoms with Gasteiger partial charge in [-0.15, -0.1) is 0 Å². The van der Waals surface area contributed by atoms with Crippen LogP contribution in [0.1, 0.15) is 25.7 Å². The van der Waals surface area contributed by atoms with E-state index in [9.17, 15) is 4.79 Å². The number of ether oxygens (including phenoxy) is 1. The highest BCUT2D eigenvalue weighted by atomic mass is 16.5. The number of amides is 1. The molecule has 0 radical (unpaired) electrons. The molecule has 86 valence electrons. The first-order chi connectivity index (χ1) is 7.21. The summed E-state index contributed by atoms with van der Waals surface area (Å²) in [6.45, 7) is 2.79. The summed E-state index contributed by atoms with van der Waals surface area (Å²) in [6.07, 6.45) is 4.17. The lowest BCUT2D eigenvalue weighted by Gasteiger charge is -2.30. The lowest BCUT2D eigenvalue weighted by Crippen LogP contribution is -2.59. The zero-order chi connectivity index (χ0) is 10.7. The van der Waals surface area contributed by atoms with Crippen molar-refractivity contribution in [3.63, 3.8) is 0 Å². The Morgan fingerprint density at radius 2 is 2.07 bits per heavy atom. The summed E-state index contributed by atoms with van der Waals surface area (Å²) in [5.74, 6) is -0.0955. The van der Waals surface area contributed by atoms with E-state index in [1.165, 1.54) is 6.42 Å². The van der Waals surface area contributed by atoms with Gasteiger partial charge in [0.1, 0.15) is 5.54 Å². The minimum Gasteiger partial charge on any atom is -0.379 e. The van der Waals surface area contributed by atoms with Crippen LogP contribution in [0.2, 0.25) is 0 Å². The molecule has 5 nitrogen and oxygen atoms in total. The summed E-state index contributed by atoms with van der Waals surface area (Å²) in [5, 5.41) is 1.97. The predicted molar refractivity (Wildman–Crippen MR) is 55.9 cm³/mol. The number of nitrogens with two attached hydrogens (primary N) is 1. The fourth-order valence-corrected chi connectivity index (χ4v) is 2.02. The molecule has 3 N–H and O–H groups in total. The van der Waals surface area contributed by atoms with Crippen LogP contribution in [-0.4, -0.2) is 42.8 Å². The Labute approximate surface area is 89.9 Å². The van der Waals surface area contributed by atoms with Gasteiger partial charge >= 0.3 is 0 Å². The van der Waals surface area contributed by atoms with Gasteiger partial charge in [0.15, 0.2) is 0 Å². The van der Waals surface area contributed by atoms with Gasteiger partial charge in [0.2, 0.25) is 0 Å². The molecule has 1 unspecified atom stereocenters. The Morgan fingerprint density at radius 3 is 2.67 bits per heavy atom. The van der Waals surface area contributed by atoms with Crippen LogP contribution in [0.4, 0.5) is 0 Å². The number of hydrazine groups is 1. The van der Waals surface area contributed by atoms with Crippen molar-refractivity contribution in [3.8, 4) is 0 Å². The van der Waals surface area contributed by atoms with Crippen molar-refractivity contribution in [2.75, 3.05) is 26.3 Å². The Hall–Kier alpha value is -0.650. The molecule has 0 bridgehead atoms. The fourth-order valence-electron chi connectivity index (χ4n) is 2.02. The van der Waals surface area contributed by atoms with Gasteiger partial charge < -0.3 is 10.5 Å². The van der Waals surface area contributed by atoms with Crippen molar-refractivity contribution in [2.45, 2.75) is 31.2 Å². The molecule has 0 spiro atoms. The molecule has 0 saturated carbocycles. The molecule has 2 saturated heterocycles. The number of piperidine rings is 1. The predicted octanol–water partition coefficient (Wildman–Crippen LogP) is -0.379. The summed E-state index contributed by atoms with van der Waals surface area (Å²) in [5.41, 5.74) is 8.04. The second-order valence-electron chi connectivity index (χ2n) is 4.45. The van der Waals surface area contributed by atoms with E-state index < -0.39 is 5.54 Å². The van der Waals surface area contributed by atoms with Crippen molar-refractivity contribution in [1.82, 2.24) is 10.4 Å². The van der Waals surface area contributed by atoms with E-state index >= 15 is 0 Å².